The molecule has 0 radical (unpaired) electrons. The van der Waals surface area contributed by atoms with Crippen LogP contribution in [0.4, 0.5) is 9.18 Å². The van der Waals surface area contributed by atoms with Crippen LogP contribution in [0.2, 0.25) is 0 Å². The second-order valence-electron chi connectivity index (χ2n) is 6.52. The Balaban J connectivity index is 2.09. The van der Waals surface area contributed by atoms with Crippen LogP contribution in [0.3, 0.4) is 0 Å². The summed E-state index contributed by atoms with van der Waals surface area (Å²) in [5.41, 5.74) is -1.97. The fraction of sp³-hybridized carbons (Fsp3) is 0.500. The summed E-state index contributed by atoms with van der Waals surface area (Å²) in [5.74, 6) is -1.61. The number of nitrogens with zero attached hydrogens (tertiary/aromatic N) is 2. The Hall–Kier alpha value is -2.12. The van der Waals surface area contributed by atoms with Gasteiger partial charge in [0.1, 0.15) is 12.5 Å². The number of hydrogen-bond acceptors (Lipinski definition) is 8. The van der Waals surface area contributed by atoms with E-state index in [1.807, 2.05) is 0 Å². The summed E-state index contributed by atoms with van der Waals surface area (Å²) in [6, 6.07) is 4.60. The average Bonchev–Trinajstić information content (AvgIpc) is 3.15. The van der Waals surface area contributed by atoms with Gasteiger partial charge in [-0.2, -0.15) is 8.42 Å². The van der Waals surface area contributed by atoms with Crippen LogP contribution in [-0.2, 0) is 29.5 Å². The molecule has 2 aliphatic heterocycles. The third-order valence-corrected chi connectivity index (χ3v) is 5.14. The first-order chi connectivity index (χ1) is 13.1. The molecule has 2 fully saturated rings. The minimum atomic E-state index is -3.81. The van der Waals surface area contributed by atoms with Crippen LogP contribution < -0.4 is 5.32 Å². The van der Waals surface area contributed by atoms with Gasteiger partial charge in [0.2, 0.25) is 0 Å². The van der Waals surface area contributed by atoms with Crippen molar-refractivity contribution in [2.45, 2.75) is 11.7 Å². The molecule has 28 heavy (non-hydrogen) atoms. The van der Waals surface area contributed by atoms with E-state index in [0.29, 0.717) is 4.90 Å². The summed E-state index contributed by atoms with van der Waals surface area (Å²) >= 11 is 0. The van der Waals surface area contributed by atoms with Crippen molar-refractivity contribution in [3.05, 3.63) is 35.6 Å². The lowest BCUT2D eigenvalue weighted by atomic mass is 9.91. The number of amides is 2. The number of carboxylic acid groups (broad SMARTS) is 1. The van der Waals surface area contributed by atoms with Gasteiger partial charge in [-0.05, 0) is 6.07 Å². The number of rotatable bonds is 5. The SMILES string of the molecule is CS(=O)(=O)OCC1CN(C(=O)O)C(=O)C(c2ccccc2F)(N2CCOC2)N1. The van der Waals surface area contributed by atoms with Crippen molar-refractivity contribution < 1.29 is 36.4 Å². The van der Waals surface area contributed by atoms with E-state index in [1.54, 1.807) is 0 Å². The van der Waals surface area contributed by atoms with Gasteiger partial charge in [-0.15, -0.1) is 0 Å². The molecular formula is C16H20FN3O7S. The molecule has 2 unspecified atom stereocenters. The Kier molecular flexibility index (Phi) is 5.68. The molecule has 2 saturated heterocycles. The Labute approximate surface area is 160 Å². The molecule has 2 heterocycles. The van der Waals surface area contributed by atoms with E-state index in [2.05, 4.69) is 5.32 Å². The average molecular weight is 417 g/mol. The quantitative estimate of drug-likeness (QED) is 0.622. The number of carbonyl (C=O) groups excluding carboxylic acids is 1. The van der Waals surface area contributed by atoms with Gasteiger partial charge in [-0.3, -0.25) is 14.3 Å². The molecule has 0 aliphatic carbocycles. The molecule has 1 aromatic carbocycles. The summed E-state index contributed by atoms with van der Waals surface area (Å²) < 4.78 is 47.5. The van der Waals surface area contributed by atoms with Crippen LogP contribution in [0.1, 0.15) is 5.56 Å². The van der Waals surface area contributed by atoms with Gasteiger partial charge in [0.05, 0.1) is 25.5 Å². The zero-order chi connectivity index (χ0) is 20.5. The lowest BCUT2D eigenvalue weighted by Gasteiger charge is -2.48. The summed E-state index contributed by atoms with van der Waals surface area (Å²) in [6.07, 6.45) is -0.675. The highest BCUT2D eigenvalue weighted by atomic mass is 32.2. The highest BCUT2D eigenvalue weighted by molar-refractivity contribution is 7.85. The standard InChI is InChI=1S/C16H20FN3O7S/c1-28(24,25)27-9-11-8-20(15(22)23)14(21)16(18-11,19-6-7-26-10-19)12-4-2-3-5-13(12)17/h2-5,11,18H,6-10H2,1H3,(H,22,23). The third-order valence-electron chi connectivity index (χ3n) is 4.58. The fourth-order valence-corrected chi connectivity index (χ4v) is 3.80. The molecule has 3 rings (SSSR count). The largest absolute Gasteiger partial charge is 0.465 e. The van der Waals surface area contributed by atoms with E-state index in [9.17, 15) is 27.5 Å². The van der Waals surface area contributed by atoms with Crippen molar-refractivity contribution in [3.8, 4) is 0 Å². The molecule has 1 aromatic rings. The van der Waals surface area contributed by atoms with E-state index in [0.717, 1.165) is 12.3 Å². The van der Waals surface area contributed by atoms with Crippen LogP contribution in [0.5, 0.6) is 0 Å². The van der Waals surface area contributed by atoms with Crippen LogP contribution in [-0.4, -0.2) is 80.7 Å². The summed E-state index contributed by atoms with van der Waals surface area (Å²) in [6.45, 7) is -0.321. The number of nitrogens with one attached hydrogen (secondary N) is 1. The van der Waals surface area contributed by atoms with Gasteiger partial charge in [0.25, 0.3) is 16.0 Å². The number of halogens is 1. The molecule has 0 aromatic heterocycles. The molecule has 2 amide bonds. The van der Waals surface area contributed by atoms with Gasteiger partial charge < -0.3 is 9.84 Å². The first-order valence-electron chi connectivity index (χ1n) is 8.40. The molecule has 154 valence electrons. The molecule has 2 N–H and O–H groups in total. The van der Waals surface area contributed by atoms with Crippen LogP contribution in [0.25, 0.3) is 0 Å². The Morgan fingerprint density at radius 2 is 2.18 bits per heavy atom. The van der Waals surface area contributed by atoms with Crippen molar-refractivity contribution in [2.75, 3.05) is 39.3 Å². The second-order valence-corrected chi connectivity index (χ2v) is 8.16. The molecule has 0 saturated carbocycles. The smallest absolute Gasteiger partial charge is 0.414 e. The molecule has 0 bridgehead atoms. The molecule has 12 heteroatoms. The molecule has 2 atom stereocenters. The van der Waals surface area contributed by atoms with Crippen molar-refractivity contribution in [1.82, 2.24) is 15.1 Å². The first kappa shape index (κ1) is 20.6. The van der Waals surface area contributed by atoms with Crippen molar-refractivity contribution in [1.29, 1.82) is 0 Å². The second kappa shape index (κ2) is 7.72. The van der Waals surface area contributed by atoms with E-state index >= 15 is 0 Å². The van der Waals surface area contributed by atoms with E-state index in [4.69, 9.17) is 8.92 Å². The topological polar surface area (TPSA) is 125 Å². The van der Waals surface area contributed by atoms with E-state index in [-0.39, 0.29) is 32.0 Å². The minimum Gasteiger partial charge on any atom is -0.465 e. The molecular weight excluding hydrogens is 397 g/mol. The predicted octanol–water partition coefficient (Wildman–Crippen LogP) is -0.277. The van der Waals surface area contributed by atoms with Gasteiger partial charge in [0.15, 0.2) is 5.66 Å². The number of imide groups is 1. The Bertz CT molecular complexity index is 875. The van der Waals surface area contributed by atoms with Crippen LogP contribution >= 0.6 is 0 Å². The number of carbonyl (C=O) groups is 2. The summed E-state index contributed by atoms with van der Waals surface area (Å²) in [4.78, 5) is 27.0. The monoisotopic (exact) mass is 417 g/mol. The summed E-state index contributed by atoms with van der Waals surface area (Å²) in [5, 5.41) is 12.5. The van der Waals surface area contributed by atoms with Crippen LogP contribution in [0.15, 0.2) is 24.3 Å². The number of piperazine rings is 1. The van der Waals surface area contributed by atoms with Crippen molar-refractivity contribution in [3.63, 3.8) is 0 Å². The van der Waals surface area contributed by atoms with E-state index in [1.165, 1.54) is 23.1 Å². The Morgan fingerprint density at radius 3 is 2.75 bits per heavy atom. The van der Waals surface area contributed by atoms with E-state index < -0.39 is 46.2 Å². The zero-order valence-corrected chi connectivity index (χ0v) is 15.8. The number of benzene rings is 1. The van der Waals surface area contributed by atoms with Gasteiger partial charge in [0, 0.05) is 18.7 Å². The molecule has 10 nitrogen and oxygen atoms in total. The predicted molar refractivity (Wildman–Crippen MR) is 93.1 cm³/mol. The highest BCUT2D eigenvalue weighted by Gasteiger charge is 2.56. The van der Waals surface area contributed by atoms with Crippen LogP contribution in [0, 0.1) is 5.82 Å². The van der Waals surface area contributed by atoms with Gasteiger partial charge in [-0.1, -0.05) is 18.2 Å². The fourth-order valence-electron chi connectivity index (χ4n) is 3.39. The maximum absolute atomic E-state index is 14.7. The van der Waals surface area contributed by atoms with Gasteiger partial charge >= 0.3 is 6.09 Å². The number of ether oxygens (including phenoxy) is 1. The Morgan fingerprint density at radius 1 is 1.46 bits per heavy atom. The third kappa shape index (κ3) is 3.86. The zero-order valence-electron chi connectivity index (χ0n) is 15.0. The molecule has 2 aliphatic rings. The lowest BCUT2D eigenvalue weighted by molar-refractivity contribution is -0.154. The van der Waals surface area contributed by atoms with Crippen molar-refractivity contribution in [2.24, 2.45) is 0 Å². The minimum absolute atomic E-state index is 0.0415. The maximum Gasteiger partial charge on any atom is 0.414 e. The first-order valence-corrected chi connectivity index (χ1v) is 10.2. The summed E-state index contributed by atoms with van der Waals surface area (Å²) in [7, 11) is -3.81. The number of hydrogen-bond donors (Lipinski definition) is 2. The van der Waals surface area contributed by atoms with Crippen molar-refractivity contribution >= 4 is 22.1 Å². The maximum atomic E-state index is 14.7. The van der Waals surface area contributed by atoms with Gasteiger partial charge in [-0.25, -0.2) is 19.0 Å². The normalized spacial score (nSPS) is 26.6. The highest BCUT2D eigenvalue weighted by Crippen LogP contribution is 2.35. The lowest BCUT2D eigenvalue weighted by Crippen LogP contribution is -2.73. The molecule has 0 spiro atoms.